The smallest absolute Gasteiger partial charge is 0.203 e. The minimum Gasteiger partial charge on any atom is -0.493 e. The van der Waals surface area contributed by atoms with Crippen LogP contribution in [0.3, 0.4) is 0 Å². The molecule has 0 aliphatic carbocycles. The molecular weight excluding hydrogens is 392 g/mol. The average Bonchev–Trinajstić information content (AvgIpc) is 3.31. The number of hydrogen-bond acceptors (Lipinski definition) is 6. The van der Waals surface area contributed by atoms with Crippen LogP contribution in [-0.2, 0) is 17.8 Å². The zero-order chi connectivity index (χ0) is 21.6. The summed E-state index contributed by atoms with van der Waals surface area (Å²) in [6.45, 7) is 3.24. The Morgan fingerprint density at radius 1 is 1.00 bits per heavy atom. The topological polar surface area (TPSA) is 53.1 Å². The summed E-state index contributed by atoms with van der Waals surface area (Å²) < 4.78 is 22.7. The molecule has 4 rings (SSSR count). The summed E-state index contributed by atoms with van der Waals surface area (Å²) in [5, 5.41) is 1.15. The van der Waals surface area contributed by atoms with Crippen LogP contribution in [0.2, 0.25) is 0 Å². The van der Waals surface area contributed by atoms with Gasteiger partial charge in [0.15, 0.2) is 11.5 Å². The number of nitrogens with zero attached hydrogens (tertiary/aromatic N) is 2. The standard InChI is InChI=1S/C25H30N2O4/c1-28-23-11-9-20(24(29-2)25(23)30-3)16-27(17-21-7-5-13-31-21)15-18-8-10-22-19(14-18)6-4-12-26-22/h4,6,8-12,14,21H,5,7,13,15-17H2,1-3H3/t21-/m1/s1. The highest BCUT2D eigenvalue weighted by Crippen LogP contribution is 2.40. The van der Waals surface area contributed by atoms with Gasteiger partial charge in [-0.3, -0.25) is 9.88 Å². The van der Waals surface area contributed by atoms with E-state index >= 15 is 0 Å². The second-order valence-corrected chi connectivity index (χ2v) is 7.83. The number of rotatable bonds is 9. The highest BCUT2D eigenvalue weighted by atomic mass is 16.5. The number of fused-ring (bicyclic) bond motifs is 1. The predicted octanol–water partition coefficient (Wildman–Crippen LogP) is 4.44. The third kappa shape index (κ3) is 4.92. The van der Waals surface area contributed by atoms with Gasteiger partial charge in [-0.2, -0.15) is 0 Å². The van der Waals surface area contributed by atoms with E-state index in [1.807, 2.05) is 24.4 Å². The summed E-state index contributed by atoms with van der Waals surface area (Å²) in [6.07, 6.45) is 4.31. The van der Waals surface area contributed by atoms with Crippen molar-refractivity contribution in [1.29, 1.82) is 0 Å². The third-order valence-electron chi connectivity index (χ3n) is 5.74. The Labute approximate surface area is 183 Å². The number of ether oxygens (including phenoxy) is 4. The van der Waals surface area contributed by atoms with Crippen molar-refractivity contribution in [2.24, 2.45) is 0 Å². The molecule has 0 N–H and O–H groups in total. The quantitative estimate of drug-likeness (QED) is 0.508. The van der Waals surface area contributed by atoms with Crippen molar-refractivity contribution in [3.63, 3.8) is 0 Å². The highest BCUT2D eigenvalue weighted by molar-refractivity contribution is 5.78. The summed E-state index contributed by atoms with van der Waals surface area (Å²) in [7, 11) is 4.94. The minimum absolute atomic E-state index is 0.258. The summed E-state index contributed by atoms with van der Waals surface area (Å²) in [5.41, 5.74) is 3.32. The summed E-state index contributed by atoms with van der Waals surface area (Å²) in [6, 6.07) is 14.5. The van der Waals surface area contributed by atoms with E-state index in [1.165, 1.54) is 5.56 Å². The van der Waals surface area contributed by atoms with E-state index in [-0.39, 0.29) is 6.10 Å². The van der Waals surface area contributed by atoms with E-state index in [9.17, 15) is 0 Å². The zero-order valence-corrected chi connectivity index (χ0v) is 18.5. The van der Waals surface area contributed by atoms with Crippen molar-refractivity contribution in [2.45, 2.75) is 32.0 Å². The summed E-state index contributed by atoms with van der Waals surface area (Å²) >= 11 is 0. The lowest BCUT2D eigenvalue weighted by Crippen LogP contribution is -2.31. The Bertz CT molecular complexity index is 1020. The predicted molar refractivity (Wildman–Crippen MR) is 121 cm³/mol. The van der Waals surface area contributed by atoms with Gasteiger partial charge < -0.3 is 18.9 Å². The van der Waals surface area contributed by atoms with E-state index in [4.69, 9.17) is 18.9 Å². The van der Waals surface area contributed by atoms with Crippen molar-refractivity contribution in [1.82, 2.24) is 9.88 Å². The molecule has 1 aliphatic heterocycles. The van der Waals surface area contributed by atoms with Crippen LogP contribution in [0.4, 0.5) is 0 Å². The Morgan fingerprint density at radius 3 is 2.61 bits per heavy atom. The zero-order valence-electron chi connectivity index (χ0n) is 18.5. The van der Waals surface area contributed by atoms with Crippen molar-refractivity contribution >= 4 is 10.9 Å². The van der Waals surface area contributed by atoms with E-state index in [0.717, 1.165) is 49.0 Å². The second-order valence-electron chi connectivity index (χ2n) is 7.83. The van der Waals surface area contributed by atoms with Gasteiger partial charge in [-0.15, -0.1) is 0 Å². The van der Waals surface area contributed by atoms with Gasteiger partial charge in [0.05, 0.1) is 33.0 Å². The normalized spacial score (nSPS) is 16.1. The molecule has 0 saturated carbocycles. The van der Waals surface area contributed by atoms with Crippen LogP contribution in [0.25, 0.3) is 10.9 Å². The largest absolute Gasteiger partial charge is 0.493 e. The van der Waals surface area contributed by atoms with Gasteiger partial charge in [0.2, 0.25) is 5.75 Å². The monoisotopic (exact) mass is 422 g/mol. The van der Waals surface area contributed by atoms with Crippen molar-refractivity contribution in [3.8, 4) is 17.2 Å². The van der Waals surface area contributed by atoms with Crippen LogP contribution in [-0.4, -0.2) is 50.5 Å². The Morgan fingerprint density at radius 2 is 1.87 bits per heavy atom. The number of methoxy groups -OCH3 is 3. The molecule has 0 radical (unpaired) electrons. The molecule has 2 heterocycles. The van der Waals surface area contributed by atoms with Gasteiger partial charge in [-0.1, -0.05) is 18.2 Å². The molecule has 3 aromatic rings. The highest BCUT2D eigenvalue weighted by Gasteiger charge is 2.22. The lowest BCUT2D eigenvalue weighted by molar-refractivity contribution is 0.0676. The molecule has 1 saturated heterocycles. The van der Waals surface area contributed by atoms with Crippen LogP contribution in [0.1, 0.15) is 24.0 Å². The first-order chi connectivity index (χ1) is 15.2. The molecule has 0 unspecified atom stereocenters. The van der Waals surface area contributed by atoms with Crippen LogP contribution < -0.4 is 14.2 Å². The number of aromatic nitrogens is 1. The van der Waals surface area contributed by atoms with Crippen LogP contribution in [0.15, 0.2) is 48.7 Å². The molecule has 31 heavy (non-hydrogen) atoms. The van der Waals surface area contributed by atoms with Gasteiger partial charge in [0, 0.05) is 43.4 Å². The lowest BCUT2D eigenvalue weighted by Gasteiger charge is -2.27. The molecule has 1 aliphatic rings. The number of hydrogen-bond donors (Lipinski definition) is 0. The van der Waals surface area contributed by atoms with Gasteiger partial charge in [0.1, 0.15) is 0 Å². The fraction of sp³-hybridized carbons (Fsp3) is 0.400. The first-order valence-electron chi connectivity index (χ1n) is 10.7. The molecule has 6 heteroatoms. The maximum Gasteiger partial charge on any atom is 0.203 e. The minimum atomic E-state index is 0.258. The van der Waals surface area contributed by atoms with Gasteiger partial charge in [-0.05, 0) is 42.7 Å². The van der Waals surface area contributed by atoms with Gasteiger partial charge in [0.25, 0.3) is 0 Å². The Hall–Kier alpha value is -2.83. The Balaban J connectivity index is 1.61. The first kappa shape index (κ1) is 21.4. The maximum atomic E-state index is 5.94. The molecule has 164 valence electrons. The van der Waals surface area contributed by atoms with Crippen molar-refractivity contribution < 1.29 is 18.9 Å². The molecular formula is C25H30N2O4. The third-order valence-corrected chi connectivity index (χ3v) is 5.74. The van der Waals surface area contributed by atoms with Gasteiger partial charge in [-0.25, -0.2) is 0 Å². The number of pyridine rings is 1. The van der Waals surface area contributed by atoms with E-state index < -0.39 is 0 Å². The fourth-order valence-electron chi connectivity index (χ4n) is 4.27. The molecule has 0 amide bonds. The first-order valence-corrected chi connectivity index (χ1v) is 10.7. The molecule has 0 bridgehead atoms. The van der Waals surface area contributed by atoms with E-state index in [0.29, 0.717) is 23.8 Å². The average molecular weight is 423 g/mol. The lowest BCUT2D eigenvalue weighted by atomic mass is 10.1. The SMILES string of the molecule is COc1ccc(CN(Cc2ccc3ncccc3c2)C[C@H]2CCCO2)c(OC)c1OC. The van der Waals surface area contributed by atoms with Crippen LogP contribution in [0, 0.1) is 0 Å². The number of benzene rings is 2. The summed E-state index contributed by atoms with van der Waals surface area (Å²) in [4.78, 5) is 6.85. The Kier molecular flexibility index (Phi) is 6.89. The maximum absolute atomic E-state index is 5.94. The molecule has 6 nitrogen and oxygen atoms in total. The van der Waals surface area contributed by atoms with E-state index in [2.05, 4.69) is 34.1 Å². The van der Waals surface area contributed by atoms with E-state index in [1.54, 1.807) is 21.3 Å². The van der Waals surface area contributed by atoms with Crippen molar-refractivity contribution in [2.75, 3.05) is 34.5 Å². The summed E-state index contributed by atoms with van der Waals surface area (Å²) in [5.74, 6) is 1.99. The van der Waals surface area contributed by atoms with Crippen LogP contribution >= 0.6 is 0 Å². The molecule has 0 spiro atoms. The van der Waals surface area contributed by atoms with Gasteiger partial charge >= 0.3 is 0 Å². The van der Waals surface area contributed by atoms with Crippen molar-refractivity contribution in [3.05, 3.63) is 59.8 Å². The molecule has 1 fully saturated rings. The fourth-order valence-corrected chi connectivity index (χ4v) is 4.27. The second kappa shape index (κ2) is 9.98. The molecule has 1 atom stereocenters. The van der Waals surface area contributed by atoms with Crippen LogP contribution in [0.5, 0.6) is 17.2 Å². The molecule has 2 aromatic carbocycles. The molecule has 1 aromatic heterocycles.